The van der Waals surface area contributed by atoms with Gasteiger partial charge in [-0.05, 0) is 29.0 Å². The summed E-state index contributed by atoms with van der Waals surface area (Å²) in [5.41, 5.74) is 0.771. The molecule has 2 aromatic rings. The van der Waals surface area contributed by atoms with Crippen molar-refractivity contribution in [2.24, 2.45) is 0 Å². The van der Waals surface area contributed by atoms with Crippen LogP contribution in [0.1, 0.15) is 23.7 Å². The van der Waals surface area contributed by atoms with E-state index in [-0.39, 0.29) is 5.78 Å². The Morgan fingerprint density at radius 2 is 1.80 bits per heavy atom. The van der Waals surface area contributed by atoms with Crippen LogP contribution in [0.25, 0.3) is 10.8 Å². The van der Waals surface area contributed by atoms with Gasteiger partial charge in [-0.2, -0.15) is 0 Å². The van der Waals surface area contributed by atoms with Crippen molar-refractivity contribution in [2.75, 3.05) is 0 Å². The first-order valence-electron chi connectivity index (χ1n) is 4.93. The molecule has 15 heavy (non-hydrogen) atoms. The second-order valence-electron chi connectivity index (χ2n) is 3.48. The fraction of sp³-hybridized carbons (Fsp3) is 0.154. The molecule has 1 nitrogen and oxygen atoms in total. The molecule has 2 aromatic carbocycles. The van der Waals surface area contributed by atoms with Crippen LogP contribution in [-0.4, -0.2) is 5.78 Å². The molecule has 0 heterocycles. The van der Waals surface area contributed by atoms with Crippen LogP contribution in [0.2, 0.25) is 5.02 Å². The minimum Gasteiger partial charge on any atom is -0.294 e. The maximum Gasteiger partial charge on any atom is 0.162 e. The molecule has 0 atom stereocenters. The van der Waals surface area contributed by atoms with Gasteiger partial charge < -0.3 is 0 Å². The van der Waals surface area contributed by atoms with Crippen molar-refractivity contribution in [2.45, 2.75) is 13.3 Å². The third-order valence-electron chi connectivity index (χ3n) is 2.45. The Morgan fingerprint density at radius 1 is 1.13 bits per heavy atom. The average Bonchev–Trinajstić information content (AvgIpc) is 2.27. The lowest BCUT2D eigenvalue weighted by molar-refractivity contribution is 0.0988. The van der Waals surface area contributed by atoms with Crippen LogP contribution in [0, 0.1) is 0 Å². The maximum absolute atomic E-state index is 11.5. The van der Waals surface area contributed by atoms with Gasteiger partial charge in [0.1, 0.15) is 0 Å². The summed E-state index contributed by atoms with van der Waals surface area (Å²) in [6.07, 6.45) is 0.541. The summed E-state index contributed by atoms with van der Waals surface area (Å²) < 4.78 is 0. The Labute approximate surface area is 93.7 Å². The van der Waals surface area contributed by atoms with Crippen LogP contribution in [-0.2, 0) is 0 Å². The molecule has 0 aliphatic carbocycles. The van der Waals surface area contributed by atoms with E-state index >= 15 is 0 Å². The highest BCUT2D eigenvalue weighted by Crippen LogP contribution is 2.21. The van der Waals surface area contributed by atoms with Gasteiger partial charge in [0, 0.05) is 17.0 Å². The second kappa shape index (κ2) is 4.03. The number of carbonyl (C=O) groups excluding carboxylic acids is 1. The number of rotatable bonds is 2. The largest absolute Gasteiger partial charge is 0.294 e. The van der Waals surface area contributed by atoms with Gasteiger partial charge in [-0.15, -0.1) is 0 Å². The molecule has 0 radical (unpaired) electrons. The van der Waals surface area contributed by atoms with Crippen molar-refractivity contribution in [1.29, 1.82) is 0 Å². The maximum atomic E-state index is 11.5. The summed E-state index contributed by atoms with van der Waals surface area (Å²) in [5.74, 6) is 0.173. The number of Topliss-reactive ketones (excluding diaryl/α,β-unsaturated/α-hetero) is 1. The molecule has 0 bridgehead atoms. The number of fused-ring (bicyclic) bond motifs is 1. The van der Waals surface area contributed by atoms with Crippen LogP contribution in [0.15, 0.2) is 36.4 Å². The van der Waals surface area contributed by atoms with Crippen molar-refractivity contribution in [3.63, 3.8) is 0 Å². The quantitative estimate of drug-likeness (QED) is 0.694. The fourth-order valence-electron chi connectivity index (χ4n) is 1.59. The van der Waals surface area contributed by atoms with Gasteiger partial charge in [0.2, 0.25) is 0 Å². The summed E-state index contributed by atoms with van der Waals surface area (Å²) in [7, 11) is 0. The highest BCUT2D eigenvalue weighted by atomic mass is 35.5. The average molecular weight is 219 g/mol. The molecule has 0 amide bonds. The first-order valence-corrected chi connectivity index (χ1v) is 5.31. The van der Waals surface area contributed by atoms with Crippen molar-refractivity contribution >= 4 is 28.2 Å². The minimum absolute atomic E-state index is 0.173. The van der Waals surface area contributed by atoms with Crippen LogP contribution in [0.5, 0.6) is 0 Å². The lowest BCUT2D eigenvalue weighted by atomic mass is 10.0. The first kappa shape index (κ1) is 10.2. The van der Waals surface area contributed by atoms with E-state index in [0.29, 0.717) is 6.42 Å². The van der Waals surface area contributed by atoms with Gasteiger partial charge in [-0.25, -0.2) is 0 Å². The summed E-state index contributed by atoms with van der Waals surface area (Å²) in [6.45, 7) is 1.87. The molecule has 0 aromatic heterocycles. The van der Waals surface area contributed by atoms with Gasteiger partial charge in [-0.1, -0.05) is 36.7 Å². The zero-order chi connectivity index (χ0) is 10.8. The van der Waals surface area contributed by atoms with Gasteiger partial charge in [-0.3, -0.25) is 4.79 Å². The van der Waals surface area contributed by atoms with Gasteiger partial charge >= 0.3 is 0 Å². The van der Waals surface area contributed by atoms with Gasteiger partial charge in [0.25, 0.3) is 0 Å². The molecule has 0 unspecified atom stereocenters. The summed E-state index contributed by atoms with van der Waals surface area (Å²) in [4.78, 5) is 11.5. The van der Waals surface area contributed by atoms with E-state index in [1.807, 2.05) is 43.3 Å². The molecule has 0 saturated heterocycles. The van der Waals surface area contributed by atoms with E-state index < -0.39 is 0 Å². The van der Waals surface area contributed by atoms with Crippen LogP contribution in [0.3, 0.4) is 0 Å². The minimum atomic E-state index is 0.173. The smallest absolute Gasteiger partial charge is 0.162 e. The molecule has 2 rings (SSSR count). The molecule has 0 saturated carbocycles. The van der Waals surface area contributed by atoms with Crippen LogP contribution >= 0.6 is 11.6 Å². The molecule has 0 aliphatic heterocycles. The van der Waals surface area contributed by atoms with E-state index in [2.05, 4.69) is 0 Å². The monoisotopic (exact) mass is 218 g/mol. The first-order chi connectivity index (χ1) is 7.20. The van der Waals surface area contributed by atoms with Crippen LogP contribution < -0.4 is 0 Å². The molecule has 0 N–H and O–H groups in total. The Balaban J connectivity index is 2.57. The van der Waals surface area contributed by atoms with Gasteiger partial charge in [0.15, 0.2) is 5.78 Å². The van der Waals surface area contributed by atoms with Crippen molar-refractivity contribution in [1.82, 2.24) is 0 Å². The molecular formula is C13H11ClO. The van der Waals surface area contributed by atoms with Gasteiger partial charge in [0.05, 0.1) is 0 Å². The molecular weight excluding hydrogens is 208 g/mol. The predicted molar refractivity (Wildman–Crippen MR) is 63.6 cm³/mol. The second-order valence-corrected chi connectivity index (χ2v) is 3.92. The molecule has 0 spiro atoms. The topological polar surface area (TPSA) is 17.1 Å². The molecule has 0 fully saturated rings. The lowest BCUT2D eigenvalue weighted by Gasteiger charge is -2.02. The number of carbonyl (C=O) groups is 1. The highest BCUT2D eigenvalue weighted by Gasteiger charge is 2.03. The normalized spacial score (nSPS) is 10.5. The number of halogens is 1. The highest BCUT2D eigenvalue weighted by molar-refractivity contribution is 6.31. The Kier molecular flexibility index (Phi) is 2.74. The van der Waals surface area contributed by atoms with E-state index in [0.717, 1.165) is 21.4 Å². The Bertz CT molecular complexity index is 517. The molecule has 76 valence electrons. The summed E-state index contributed by atoms with van der Waals surface area (Å²) in [5, 5.41) is 2.84. The zero-order valence-corrected chi connectivity index (χ0v) is 9.21. The van der Waals surface area contributed by atoms with E-state index in [1.54, 1.807) is 0 Å². The number of ketones is 1. The SMILES string of the molecule is CCC(=O)c1ccc2cc(Cl)ccc2c1. The Hall–Kier alpha value is -1.34. The van der Waals surface area contributed by atoms with E-state index in [1.165, 1.54) is 0 Å². The van der Waals surface area contributed by atoms with Crippen molar-refractivity contribution in [3.8, 4) is 0 Å². The van der Waals surface area contributed by atoms with Crippen LogP contribution in [0.4, 0.5) is 0 Å². The lowest BCUT2D eigenvalue weighted by Crippen LogP contribution is -1.95. The predicted octanol–water partition coefficient (Wildman–Crippen LogP) is 4.09. The van der Waals surface area contributed by atoms with Crippen molar-refractivity contribution in [3.05, 3.63) is 47.0 Å². The summed E-state index contributed by atoms with van der Waals surface area (Å²) in [6, 6.07) is 11.4. The third kappa shape index (κ3) is 2.02. The Morgan fingerprint density at radius 3 is 2.53 bits per heavy atom. The zero-order valence-electron chi connectivity index (χ0n) is 8.46. The summed E-state index contributed by atoms with van der Waals surface area (Å²) >= 11 is 5.88. The fourth-order valence-corrected chi connectivity index (χ4v) is 1.77. The van der Waals surface area contributed by atoms with E-state index in [4.69, 9.17) is 11.6 Å². The molecule has 2 heteroatoms. The third-order valence-corrected chi connectivity index (χ3v) is 2.68. The number of benzene rings is 2. The number of hydrogen-bond acceptors (Lipinski definition) is 1. The van der Waals surface area contributed by atoms with Crippen molar-refractivity contribution < 1.29 is 4.79 Å². The van der Waals surface area contributed by atoms with E-state index in [9.17, 15) is 4.79 Å². The number of hydrogen-bond donors (Lipinski definition) is 0. The molecule has 0 aliphatic rings. The standard InChI is InChI=1S/C13H11ClO/c1-2-13(15)11-4-3-10-8-12(14)6-5-9(10)7-11/h3-8H,2H2,1H3.